The molecule has 0 unspecified atom stereocenters. The average Bonchev–Trinajstić information content (AvgIpc) is 3.03. The van der Waals surface area contributed by atoms with Crippen molar-refractivity contribution < 1.29 is 4.79 Å². The normalized spacial score (nSPS) is 14.7. The van der Waals surface area contributed by atoms with E-state index in [2.05, 4.69) is 20.2 Å². The van der Waals surface area contributed by atoms with Gasteiger partial charge in [-0.1, -0.05) is 22.9 Å². The molecule has 0 atom stereocenters. The zero-order valence-electron chi connectivity index (χ0n) is 13.5. The second kappa shape index (κ2) is 6.98. The minimum atomic E-state index is -0.182. The van der Waals surface area contributed by atoms with E-state index < -0.39 is 0 Å². The predicted molar refractivity (Wildman–Crippen MR) is 103 cm³/mol. The Kier molecular flexibility index (Phi) is 4.55. The molecule has 0 aliphatic carbocycles. The number of hydrogen-bond donors (Lipinski definition) is 1. The van der Waals surface area contributed by atoms with Crippen LogP contribution >= 0.6 is 22.9 Å². The maximum Gasteiger partial charge on any atom is 0.261 e. The van der Waals surface area contributed by atoms with Gasteiger partial charge in [0.1, 0.15) is 5.82 Å². The fraction of sp³-hybridized carbons (Fsp3) is 0.278. The number of fused-ring (bicyclic) bond motifs is 1. The summed E-state index contributed by atoms with van der Waals surface area (Å²) in [6.45, 7) is 1.88. The second-order valence-corrected chi connectivity index (χ2v) is 7.47. The fourth-order valence-corrected chi connectivity index (χ4v) is 4.19. The third-order valence-corrected chi connectivity index (χ3v) is 5.43. The summed E-state index contributed by atoms with van der Waals surface area (Å²) in [4.78, 5) is 23.9. The van der Waals surface area contributed by atoms with E-state index in [0.717, 1.165) is 42.0 Å². The van der Waals surface area contributed by atoms with Crippen LogP contribution in [0.5, 0.6) is 0 Å². The molecule has 0 spiro atoms. The first kappa shape index (κ1) is 16.3. The minimum absolute atomic E-state index is 0.182. The largest absolute Gasteiger partial charge is 0.356 e. The van der Waals surface area contributed by atoms with Crippen LogP contribution in [0.15, 0.2) is 36.5 Å². The molecule has 1 aliphatic rings. The number of piperidine rings is 1. The van der Waals surface area contributed by atoms with Crippen LogP contribution in [0, 0.1) is 0 Å². The summed E-state index contributed by atoms with van der Waals surface area (Å²) in [6, 6.07) is 9.11. The lowest BCUT2D eigenvalue weighted by Crippen LogP contribution is -2.32. The maximum atomic E-state index is 12.8. The van der Waals surface area contributed by atoms with Crippen molar-refractivity contribution in [2.75, 3.05) is 23.3 Å². The minimum Gasteiger partial charge on any atom is -0.356 e. The summed E-state index contributed by atoms with van der Waals surface area (Å²) in [6.07, 6.45) is 5.24. The van der Waals surface area contributed by atoms with E-state index in [1.165, 1.54) is 17.8 Å². The van der Waals surface area contributed by atoms with E-state index in [-0.39, 0.29) is 5.91 Å². The zero-order chi connectivity index (χ0) is 17.2. The van der Waals surface area contributed by atoms with E-state index in [1.54, 1.807) is 18.3 Å². The van der Waals surface area contributed by atoms with Crippen LogP contribution in [-0.2, 0) is 0 Å². The number of hydrogen-bond acceptors (Lipinski definition) is 5. The number of rotatable bonds is 3. The van der Waals surface area contributed by atoms with E-state index in [9.17, 15) is 4.79 Å². The molecule has 128 valence electrons. The molecule has 3 heterocycles. The van der Waals surface area contributed by atoms with Crippen LogP contribution in [0.4, 0.5) is 10.9 Å². The molecule has 1 saturated heterocycles. The summed E-state index contributed by atoms with van der Waals surface area (Å²) >= 11 is 7.43. The van der Waals surface area contributed by atoms with Gasteiger partial charge in [-0.3, -0.25) is 10.1 Å². The van der Waals surface area contributed by atoms with Crippen molar-refractivity contribution in [3.05, 3.63) is 47.1 Å². The number of nitrogens with one attached hydrogen (secondary N) is 1. The summed E-state index contributed by atoms with van der Waals surface area (Å²) in [5, 5.41) is 4.13. The number of benzene rings is 1. The Morgan fingerprint density at radius 3 is 2.88 bits per heavy atom. The molecule has 5 nitrogen and oxygen atoms in total. The lowest BCUT2D eigenvalue weighted by molar-refractivity contribution is 0.102. The van der Waals surface area contributed by atoms with Crippen molar-refractivity contribution in [3.63, 3.8) is 0 Å². The van der Waals surface area contributed by atoms with Crippen LogP contribution in [0.25, 0.3) is 10.2 Å². The second-order valence-electron chi connectivity index (χ2n) is 6.01. The number of nitrogens with zero attached hydrogens (tertiary/aromatic N) is 3. The Morgan fingerprint density at radius 1 is 1.20 bits per heavy atom. The molecule has 0 saturated carbocycles. The van der Waals surface area contributed by atoms with Gasteiger partial charge >= 0.3 is 0 Å². The molecule has 0 bridgehead atoms. The highest BCUT2D eigenvalue weighted by molar-refractivity contribution is 7.22. The van der Waals surface area contributed by atoms with Crippen LogP contribution in [0.3, 0.4) is 0 Å². The van der Waals surface area contributed by atoms with Crippen molar-refractivity contribution >= 4 is 50.0 Å². The molecule has 1 fully saturated rings. The van der Waals surface area contributed by atoms with E-state index in [4.69, 9.17) is 11.6 Å². The summed E-state index contributed by atoms with van der Waals surface area (Å²) in [5.41, 5.74) is 1.41. The molecule has 0 radical (unpaired) electrons. The predicted octanol–water partition coefficient (Wildman–Crippen LogP) is 4.59. The van der Waals surface area contributed by atoms with Gasteiger partial charge in [-0.15, -0.1) is 0 Å². The Morgan fingerprint density at radius 2 is 2.04 bits per heavy atom. The molecule has 3 aromatic rings. The van der Waals surface area contributed by atoms with Crippen molar-refractivity contribution in [2.24, 2.45) is 0 Å². The monoisotopic (exact) mass is 372 g/mol. The molecule has 4 rings (SSSR count). The maximum absolute atomic E-state index is 12.8. The van der Waals surface area contributed by atoms with Crippen LogP contribution in [0.1, 0.15) is 29.6 Å². The van der Waals surface area contributed by atoms with Gasteiger partial charge < -0.3 is 4.90 Å². The Hall–Kier alpha value is -2.18. The van der Waals surface area contributed by atoms with Gasteiger partial charge in [0.05, 0.1) is 15.8 Å². The first-order chi connectivity index (χ1) is 12.2. The number of pyridine rings is 1. The summed E-state index contributed by atoms with van der Waals surface area (Å²) in [7, 11) is 0. The summed E-state index contributed by atoms with van der Waals surface area (Å²) in [5.74, 6) is 0.572. The molecular weight excluding hydrogens is 356 g/mol. The molecule has 2 aromatic heterocycles. The third-order valence-electron chi connectivity index (χ3n) is 4.26. The van der Waals surface area contributed by atoms with Gasteiger partial charge in [0.25, 0.3) is 5.91 Å². The number of carbonyl (C=O) groups is 1. The lowest BCUT2D eigenvalue weighted by Gasteiger charge is -2.28. The van der Waals surface area contributed by atoms with Crippen LogP contribution in [0.2, 0.25) is 5.02 Å². The number of carbonyl (C=O) groups excluding carboxylic acids is 1. The highest BCUT2D eigenvalue weighted by atomic mass is 35.5. The van der Waals surface area contributed by atoms with E-state index in [1.807, 2.05) is 18.2 Å². The molecule has 1 aromatic carbocycles. The van der Waals surface area contributed by atoms with Crippen LogP contribution in [-0.4, -0.2) is 29.0 Å². The molecule has 1 aliphatic heterocycles. The van der Waals surface area contributed by atoms with E-state index in [0.29, 0.717) is 15.7 Å². The van der Waals surface area contributed by atoms with Crippen molar-refractivity contribution in [1.82, 2.24) is 9.97 Å². The Labute approximate surface area is 154 Å². The third kappa shape index (κ3) is 3.45. The Balaban J connectivity index is 1.60. The Bertz CT molecular complexity index is 920. The highest BCUT2D eigenvalue weighted by Gasteiger charge is 2.20. The zero-order valence-corrected chi connectivity index (χ0v) is 15.1. The quantitative estimate of drug-likeness (QED) is 0.730. The van der Waals surface area contributed by atoms with Gasteiger partial charge in [0, 0.05) is 24.3 Å². The number of aromatic nitrogens is 2. The number of anilines is 2. The number of thiazole rings is 1. The molecular formula is C18H17ClN4OS. The van der Waals surface area contributed by atoms with Gasteiger partial charge in [0.15, 0.2) is 5.13 Å². The average molecular weight is 373 g/mol. The first-order valence-electron chi connectivity index (χ1n) is 8.28. The lowest BCUT2D eigenvalue weighted by atomic mass is 10.1. The molecule has 1 amide bonds. The van der Waals surface area contributed by atoms with Gasteiger partial charge in [-0.2, -0.15) is 0 Å². The summed E-state index contributed by atoms with van der Waals surface area (Å²) < 4.78 is 0.949. The topological polar surface area (TPSA) is 58.1 Å². The SMILES string of the molecule is O=C(Nc1nc2ccc(Cl)cc2s1)c1cccnc1N1CCCCC1. The standard InChI is InChI=1S/C18H17ClN4OS/c19-12-6-7-14-15(11-12)25-18(21-14)22-17(24)13-5-4-8-20-16(13)23-9-2-1-3-10-23/h4-8,11H,1-3,9-10H2,(H,21,22,24). The van der Waals surface area contributed by atoms with Crippen molar-refractivity contribution in [1.29, 1.82) is 0 Å². The fourth-order valence-electron chi connectivity index (χ4n) is 3.05. The number of halogens is 1. The first-order valence-corrected chi connectivity index (χ1v) is 9.47. The molecule has 25 heavy (non-hydrogen) atoms. The van der Waals surface area contributed by atoms with Crippen LogP contribution < -0.4 is 10.2 Å². The molecule has 7 heteroatoms. The highest BCUT2D eigenvalue weighted by Crippen LogP contribution is 2.29. The van der Waals surface area contributed by atoms with Crippen molar-refractivity contribution in [3.8, 4) is 0 Å². The van der Waals surface area contributed by atoms with Gasteiger partial charge in [0.2, 0.25) is 0 Å². The molecule has 1 N–H and O–H groups in total. The van der Waals surface area contributed by atoms with E-state index >= 15 is 0 Å². The van der Waals surface area contributed by atoms with Gasteiger partial charge in [-0.05, 0) is 49.6 Å². The smallest absolute Gasteiger partial charge is 0.261 e. The van der Waals surface area contributed by atoms with Gasteiger partial charge in [-0.25, -0.2) is 9.97 Å². The van der Waals surface area contributed by atoms with Crippen molar-refractivity contribution in [2.45, 2.75) is 19.3 Å². The number of amides is 1.